The van der Waals surface area contributed by atoms with Crippen molar-refractivity contribution in [2.24, 2.45) is 5.92 Å². The molecule has 0 aliphatic carbocycles. The fraction of sp³-hybridized carbons (Fsp3) is 0.300. The van der Waals surface area contributed by atoms with Gasteiger partial charge in [-0.15, -0.1) is 0 Å². The summed E-state index contributed by atoms with van der Waals surface area (Å²) in [5, 5.41) is 10.9. The standard InChI is InChI=1S/C20H20ClNO4/c1-11(2)9-15(23)17-18(16-8-7-12(3)26-16)22(20(25)19(17)24)14-6-4-5-13(21)10-14/h4-8,10-11,18,24H,9H2,1-3H3. The van der Waals surface area contributed by atoms with E-state index in [4.69, 9.17) is 16.0 Å². The molecule has 1 aliphatic heterocycles. The number of hydrogen-bond donors (Lipinski definition) is 1. The number of hydrogen-bond acceptors (Lipinski definition) is 4. The normalized spacial score (nSPS) is 17.5. The Morgan fingerprint density at radius 1 is 1.31 bits per heavy atom. The van der Waals surface area contributed by atoms with Gasteiger partial charge in [0.2, 0.25) is 0 Å². The highest BCUT2D eigenvalue weighted by molar-refractivity contribution is 6.31. The summed E-state index contributed by atoms with van der Waals surface area (Å²) in [5.41, 5.74) is 0.554. The summed E-state index contributed by atoms with van der Waals surface area (Å²) < 4.78 is 5.71. The van der Waals surface area contributed by atoms with Crippen LogP contribution in [0.25, 0.3) is 0 Å². The summed E-state index contributed by atoms with van der Waals surface area (Å²) in [6, 6.07) is 9.38. The van der Waals surface area contributed by atoms with Gasteiger partial charge in [0.25, 0.3) is 5.91 Å². The third-order valence-electron chi connectivity index (χ3n) is 4.22. The predicted octanol–water partition coefficient (Wildman–Crippen LogP) is 4.76. The number of aliphatic hydroxyl groups is 1. The van der Waals surface area contributed by atoms with Crippen molar-refractivity contribution in [1.82, 2.24) is 0 Å². The molecule has 1 aliphatic rings. The lowest BCUT2D eigenvalue weighted by atomic mass is 9.95. The molecule has 26 heavy (non-hydrogen) atoms. The first kappa shape index (κ1) is 18.3. The van der Waals surface area contributed by atoms with Gasteiger partial charge in [-0.25, -0.2) is 0 Å². The fourth-order valence-corrected chi connectivity index (χ4v) is 3.32. The van der Waals surface area contributed by atoms with E-state index in [0.717, 1.165) is 0 Å². The smallest absolute Gasteiger partial charge is 0.294 e. The largest absolute Gasteiger partial charge is 0.503 e. The molecule has 1 N–H and O–H groups in total. The number of rotatable bonds is 5. The summed E-state index contributed by atoms with van der Waals surface area (Å²) >= 11 is 6.07. The van der Waals surface area contributed by atoms with Crippen molar-refractivity contribution in [3.05, 3.63) is 64.3 Å². The second-order valence-corrected chi connectivity index (χ2v) is 7.23. The number of amides is 1. The van der Waals surface area contributed by atoms with Gasteiger partial charge in [-0.05, 0) is 43.2 Å². The predicted molar refractivity (Wildman–Crippen MR) is 99.2 cm³/mol. The molecule has 0 radical (unpaired) electrons. The monoisotopic (exact) mass is 373 g/mol. The minimum Gasteiger partial charge on any atom is -0.503 e. The summed E-state index contributed by atoms with van der Waals surface area (Å²) in [5.74, 6) is -0.271. The van der Waals surface area contributed by atoms with E-state index in [2.05, 4.69) is 0 Å². The molecule has 2 heterocycles. The average Bonchev–Trinajstić information content (AvgIpc) is 3.09. The highest BCUT2D eigenvalue weighted by Gasteiger charge is 2.45. The maximum Gasteiger partial charge on any atom is 0.294 e. The van der Waals surface area contributed by atoms with Gasteiger partial charge in [0.15, 0.2) is 11.5 Å². The SMILES string of the molecule is Cc1ccc(C2C(C(=O)CC(C)C)=C(O)C(=O)N2c2cccc(Cl)c2)o1. The Labute approximate surface area is 156 Å². The maximum absolute atomic E-state index is 12.8. The van der Waals surface area contributed by atoms with Crippen LogP contribution in [-0.2, 0) is 9.59 Å². The minimum atomic E-state index is -0.819. The van der Waals surface area contributed by atoms with E-state index in [1.807, 2.05) is 13.8 Å². The lowest BCUT2D eigenvalue weighted by Gasteiger charge is -2.25. The first-order valence-electron chi connectivity index (χ1n) is 8.41. The fourth-order valence-electron chi connectivity index (χ4n) is 3.13. The van der Waals surface area contributed by atoms with Crippen LogP contribution < -0.4 is 4.90 Å². The molecule has 3 rings (SSSR count). The van der Waals surface area contributed by atoms with E-state index in [1.165, 1.54) is 4.90 Å². The topological polar surface area (TPSA) is 70.8 Å². The second-order valence-electron chi connectivity index (χ2n) is 6.79. The summed E-state index contributed by atoms with van der Waals surface area (Å²) in [7, 11) is 0. The van der Waals surface area contributed by atoms with E-state index in [1.54, 1.807) is 43.3 Å². The number of Topliss-reactive ketones (excluding diaryl/α,β-unsaturated/α-hetero) is 1. The van der Waals surface area contributed by atoms with E-state index in [9.17, 15) is 14.7 Å². The molecule has 1 amide bonds. The Morgan fingerprint density at radius 2 is 2.04 bits per heavy atom. The zero-order valence-electron chi connectivity index (χ0n) is 14.8. The van der Waals surface area contributed by atoms with Crippen molar-refractivity contribution in [3.63, 3.8) is 0 Å². The number of halogens is 1. The van der Waals surface area contributed by atoms with Crippen LogP contribution in [0.4, 0.5) is 5.69 Å². The van der Waals surface area contributed by atoms with Crippen molar-refractivity contribution in [3.8, 4) is 0 Å². The number of anilines is 1. The molecule has 6 heteroatoms. The zero-order valence-corrected chi connectivity index (χ0v) is 15.6. The lowest BCUT2D eigenvalue weighted by Crippen LogP contribution is -2.30. The molecule has 2 aromatic rings. The molecule has 1 aromatic heterocycles. The van der Waals surface area contributed by atoms with Gasteiger partial charge >= 0.3 is 0 Å². The molecule has 0 saturated heterocycles. The first-order chi connectivity index (χ1) is 12.3. The molecule has 136 valence electrons. The molecule has 5 nitrogen and oxygen atoms in total. The molecule has 0 spiro atoms. The van der Waals surface area contributed by atoms with E-state index in [0.29, 0.717) is 22.2 Å². The summed E-state index contributed by atoms with van der Waals surface area (Å²) in [4.78, 5) is 26.9. The number of furan rings is 1. The first-order valence-corrected chi connectivity index (χ1v) is 8.79. The van der Waals surface area contributed by atoms with Gasteiger partial charge in [-0.3, -0.25) is 14.5 Å². The third-order valence-corrected chi connectivity index (χ3v) is 4.45. The Morgan fingerprint density at radius 3 is 2.62 bits per heavy atom. The molecular formula is C20H20ClNO4. The van der Waals surface area contributed by atoms with E-state index >= 15 is 0 Å². The molecule has 0 saturated carbocycles. The zero-order chi connectivity index (χ0) is 19.0. The minimum absolute atomic E-state index is 0.0676. The van der Waals surface area contributed by atoms with Gasteiger partial charge in [-0.1, -0.05) is 31.5 Å². The number of benzene rings is 1. The molecule has 0 bridgehead atoms. The summed E-state index contributed by atoms with van der Waals surface area (Å²) in [6.07, 6.45) is 0.228. The third kappa shape index (κ3) is 3.27. The van der Waals surface area contributed by atoms with Crippen molar-refractivity contribution >= 4 is 29.0 Å². The van der Waals surface area contributed by atoms with Crippen molar-refractivity contribution < 1.29 is 19.1 Å². The second kappa shape index (κ2) is 7.00. The van der Waals surface area contributed by atoms with Crippen LogP contribution in [0.5, 0.6) is 0 Å². The van der Waals surface area contributed by atoms with Crippen LogP contribution in [0.2, 0.25) is 5.02 Å². The average molecular weight is 374 g/mol. The molecule has 1 aromatic carbocycles. The number of nitrogens with zero attached hydrogens (tertiary/aromatic N) is 1. The number of aryl methyl sites for hydroxylation is 1. The van der Waals surface area contributed by atoms with Gasteiger partial charge in [0.05, 0.1) is 5.57 Å². The van der Waals surface area contributed by atoms with E-state index in [-0.39, 0.29) is 23.7 Å². The summed E-state index contributed by atoms with van der Waals surface area (Å²) in [6.45, 7) is 5.60. The Bertz CT molecular complexity index is 897. The van der Waals surface area contributed by atoms with Gasteiger partial charge in [0, 0.05) is 17.1 Å². The van der Waals surface area contributed by atoms with Crippen LogP contribution in [0.3, 0.4) is 0 Å². The van der Waals surface area contributed by atoms with Crippen LogP contribution in [0, 0.1) is 12.8 Å². The number of carbonyl (C=O) groups excluding carboxylic acids is 2. The molecule has 1 atom stereocenters. The van der Waals surface area contributed by atoms with Gasteiger partial charge in [0.1, 0.15) is 17.6 Å². The highest BCUT2D eigenvalue weighted by atomic mass is 35.5. The van der Waals surface area contributed by atoms with Crippen LogP contribution in [0.15, 0.2) is 52.1 Å². The van der Waals surface area contributed by atoms with E-state index < -0.39 is 17.7 Å². The number of ketones is 1. The lowest BCUT2D eigenvalue weighted by molar-refractivity contribution is -0.118. The molecule has 1 unspecified atom stereocenters. The van der Waals surface area contributed by atoms with Crippen molar-refractivity contribution in [2.75, 3.05) is 4.90 Å². The number of carbonyl (C=O) groups is 2. The van der Waals surface area contributed by atoms with Crippen molar-refractivity contribution in [2.45, 2.75) is 33.2 Å². The Balaban J connectivity index is 2.13. The maximum atomic E-state index is 12.8. The quantitative estimate of drug-likeness (QED) is 0.820. The van der Waals surface area contributed by atoms with Crippen LogP contribution >= 0.6 is 11.6 Å². The molecule has 0 fully saturated rings. The Kier molecular flexibility index (Phi) is 4.92. The Hall–Kier alpha value is -2.53. The number of aliphatic hydroxyl groups excluding tert-OH is 1. The van der Waals surface area contributed by atoms with Crippen LogP contribution in [0.1, 0.15) is 37.8 Å². The van der Waals surface area contributed by atoms with Gasteiger partial charge in [-0.2, -0.15) is 0 Å². The van der Waals surface area contributed by atoms with Crippen molar-refractivity contribution in [1.29, 1.82) is 0 Å². The van der Waals surface area contributed by atoms with Crippen LogP contribution in [-0.4, -0.2) is 16.8 Å². The highest BCUT2D eigenvalue weighted by Crippen LogP contribution is 2.42. The van der Waals surface area contributed by atoms with Gasteiger partial charge < -0.3 is 9.52 Å². The molecular weight excluding hydrogens is 354 g/mol.